The highest BCUT2D eigenvalue weighted by Gasteiger charge is 2.02. The van der Waals surface area contributed by atoms with Gasteiger partial charge in [-0.2, -0.15) is 0 Å². The van der Waals surface area contributed by atoms with Gasteiger partial charge in [0.1, 0.15) is 5.82 Å². The highest BCUT2D eigenvalue weighted by atomic mass is 79.9. The first-order valence-corrected chi connectivity index (χ1v) is 6.43. The summed E-state index contributed by atoms with van der Waals surface area (Å²) in [4.78, 5) is 7.87. The molecule has 0 radical (unpaired) electrons. The number of aromatic nitrogens is 2. The summed E-state index contributed by atoms with van der Waals surface area (Å²) in [5, 5.41) is 3.37. The van der Waals surface area contributed by atoms with Gasteiger partial charge in [0.2, 0.25) is 0 Å². The Kier molecular flexibility index (Phi) is 3.96. The predicted molar refractivity (Wildman–Crippen MR) is 70.7 cm³/mol. The van der Waals surface area contributed by atoms with Crippen LogP contribution in [0.5, 0.6) is 0 Å². The Balaban J connectivity index is 2.02. The Morgan fingerprint density at radius 3 is 3.06 bits per heavy atom. The largest absolute Gasteiger partial charge is 0.342 e. The van der Waals surface area contributed by atoms with Gasteiger partial charge in [0.25, 0.3) is 0 Å². The van der Waals surface area contributed by atoms with E-state index in [1.54, 1.807) is 0 Å². The van der Waals surface area contributed by atoms with Crippen LogP contribution in [0.1, 0.15) is 19.2 Å². The highest BCUT2D eigenvalue weighted by molar-refractivity contribution is 9.10. The number of benzene rings is 1. The van der Waals surface area contributed by atoms with Crippen molar-refractivity contribution in [3.05, 3.63) is 28.5 Å². The van der Waals surface area contributed by atoms with Gasteiger partial charge in [-0.3, -0.25) is 0 Å². The van der Waals surface area contributed by atoms with Gasteiger partial charge in [-0.1, -0.05) is 22.9 Å². The molecule has 0 aliphatic carbocycles. The Labute approximate surface area is 104 Å². The van der Waals surface area contributed by atoms with E-state index < -0.39 is 0 Å². The molecule has 0 fully saturated rings. The van der Waals surface area contributed by atoms with E-state index in [2.05, 4.69) is 44.2 Å². The fourth-order valence-electron chi connectivity index (χ4n) is 1.66. The number of hydrogen-bond acceptors (Lipinski definition) is 2. The highest BCUT2D eigenvalue weighted by Crippen LogP contribution is 2.17. The minimum Gasteiger partial charge on any atom is -0.342 e. The van der Waals surface area contributed by atoms with E-state index in [1.807, 2.05) is 12.1 Å². The molecular weight excluding hydrogens is 266 g/mol. The first-order valence-electron chi connectivity index (χ1n) is 5.64. The molecule has 2 rings (SSSR count). The van der Waals surface area contributed by atoms with Crippen LogP contribution in [0.4, 0.5) is 0 Å². The van der Waals surface area contributed by atoms with Gasteiger partial charge < -0.3 is 10.3 Å². The second-order valence-corrected chi connectivity index (χ2v) is 4.76. The minimum atomic E-state index is 0.951. The van der Waals surface area contributed by atoms with Crippen molar-refractivity contribution in [3.63, 3.8) is 0 Å². The van der Waals surface area contributed by atoms with E-state index in [0.717, 1.165) is 40.8 Å². The van der Waals surface area contributed by atoms with Crippen molar-refractivity contribution in [2.75, 3.05) is 13.1 Å². The fourth-order valence-corrected chi connectivity index (χ4v) is 2.02. The molecule has 0 bridgehead atoms. The van der Waals surface area contributed by atoms with Crippen LogP contribution in [-0.2, 0) is 6.42 Å². The molecule has 4 heteroatoms. The quantitative estimate of drug-likeness (QED) is 0.828. The van der Waals surface area contributed by atoms with Crippen molar-refractivity contribution in [1.29, 1.82) is 0 Å². The zero-order valence-electron chi connectivity index (χ0n) is 9.39. The molecule has 2 N–H and O–H groups in total. The van der Waals surface area contributed by atoms with Gasteiger partial charge in [0.05, 0.1) is 11.0 Å². The molecule has 0 aliphatic heterocycles. The van der Waals surface area contributed by atoms with Crippen molar-refractivity contribution in [3.8, 4) is 0 Å². The van der Waals surface area contributed by atoms with Crippen LogP contribution in [0.3, 0.4) is 0 Å². The zero-order valence-corrected chi connectivity index (χ0v) is 11.0. The summed E-state index contributed by atoms with van der Waals surface area (Å²) in [6, 6.07) is 6.10. The number of rotatable bonds is 5. The summed E-state index contributed by atoms with van der Waals surface area (Å²) >= 11 is 3.45. The second-order valence-electron chi connectivity index (χ2n) is 3.84. The standard InChI is InChI=1S/C12H16BrN3/c1-2-6-14-7-5-12-15-10-4-3-9(13)8-11(10)16-12/h3-4,8,14H,2,5-7H2,1H3,(H,15,16). The average Bonchev–Trinajstić information content (AvgIpc) is 2.66. The third-order valence-electron chi connectivity index (χ3n) is 2.46. The molecule has 1 heterocycles. The third kappa shape index (κ3) is 2.83. The number of fused-ring (bicyclic) bond motifs is 1. The van der Waals surface area contributed by atoms with Crippen LogP contribution in [0.2, 0.25) is 0 Å². The van der Waals surface area contributed by atoms with E-state index in [1.165, 1.54) is 6.42 Å². The van der Waals surface area contributed by atoms with Gasteiger partial charge in [0.15, 0.2) is 0 Å². The molecule has 3 nitrogen and oxygen atoms in total. The van der Waals surface area contributed by atoms with Gasteiger partial charge >= 0.3 is 0 Å². The maximum Gasteiger partial charge on any atom is 0.108 e. The second kappa shape index (κ2) is 5.46. The molecule has 0 atom stereocenters. The lowest BCUT2D eigenvalue weighted by Gasteiger charge is -1.99. The average molecular weight is 282 g/mol. The fraction of sp³-hybridized carbons (Fsp3) is 0.417. The normalized spacial score (nSPS) is 11.1. The van der Waals surface area contributed by atoms with E-state index in [-0.39, 0.29) is 0 Å². The minimum absolute atomic E-state index is 0.951. The van der Waals surface area contributed by atoms with Crippen LogP contribution in [0.25, 0.3) is 11.0 Å². The Morgan fingerprint density at radius 1 is 1.38 bits per heavy atom. The maximum absolute atomic E-state index is 4.54. The Morgan fingerprint density at radius 2 is 2.25 bits per heavy atom. The van der Waals surface area contributed by atoms with Crippen LogP contribution >= 0.6 is 15.9 Å². The predicted octanol–water partition coefficient (Wildman–Crippen LogP) is 2.87. The monoisotopic (exact) mass is 281 g/mol. The van der Waals surface area contributed by atoms with Crippen molar-refractivity contribution in [2.24, 2.45) is 0 Å². The number of H-pyrrole nitrogens is 1. The Hall–Kier alpha value is -0.870. The number of nitrogens with one attached hydrogen (secondary N) is 2. The van der Waals surface area contributed by atoms with Crippen molar-refractivity contribution >= 4 is 27.0 Å². The number of nitrogens with zero attached hydrogens (tertiary/aromatic N) is 1. The first kappa shape index (κ1) is 11.6. The van der Waals surface area contributed by atoms with Crippen LogP contribution in [-0.4, -0.2) is 23.1 Å². The molecule has 0 spiro atoms. The molecule has 1 aromatic heterocycles. The molecule has 0 aliphatic rings. The zero-order chi connectivity index (χ0) is 11.4. The maximum atomic E-state index is 4.54. The van der Waals surface area contributed by atoms with Crippen LogP contribution < -0.4 is 5.32 Å². The van der Waals surface area contributed by atoms with Crippen molar-refractivity contribution in [1.82, 2.24) is 15.3 Å². The lowest BCUT2D eigenvalue weighted by atomic mass is 10.3. The van der Waals surface area contributed by atoms with Crippen molar-refractivity contribution < 1.29 is 0 Å². The molecule has 0 unspecified atom stereocenters. The summed E-state index contributed by atoms with van der Waals surface area (Å²) in [6.07, 6.45) is 2.12. The van der Waals surface area contributed by atoms with Gasteiger partial charge in [0, 0.05) is 17.4 Å². The van der Waals surface area contributed by atoms with Crippen LogP contribution in [0.15, 0.2) is 22.7 Å². The summed E-state index contributed by atoms with van der Waals surface area (Å²) < 4.78 is 1.08. The van der Waals surface area contributed by atoms with Gasteiger partial charge in [-0.25, -0.2) is 4.98 Å². The molecule has 0 amide bonds. The number of halogens is 1. The Bertz CT molecular complexity index is 464. The van der Waals surface area contributed by atoms with E-state index >= 15 is 0 Å². The molecule has 2 aromatic rings. The molecule has 1 aromatic carbocycles. The summed E-state index contributed by atoms with van der Waals surface area (Å²) in [5.74, 6) is 1.05. The van der Waals surface area contributed by atoms with Crippen molar-refractivity contribution in [2.45, 2.75) is 19.8 Å². The smallest absolute Gasteiger partial charge is 0.108 e. The summed E-state index contributed by atoms with van der Waals surface area (Å²) in [7, 11) is 0. The topological polar surface area (TPSA) is 40.7 Å². The third-order valence-corrected chi connectivity index (χ3v) is 2.95. The van der Waals surface area contributed by atoms with E-state index in [4.69, 9.17) is 0 Å². The SMILES string of the molecule is CCCNCCc1nc2ccc(Br)cc2[nH]1. The number of imidazole rings is 1. The van der Waals surface area contributed by atoms with Crippen LogP contribution in [0, 0.1) is 0 Å². The molecular formula is C12H16BrN3. The molecule has 86 valence electrons. The molecule has 16 heavy (non-hydrogen) atoms. The summed E-state index contributed by atoms with van der Waals surface area (Å²) in [6.45, 7) is 4.23. The van der Waals surface area contributed by atoms with Gasteiger partial charge in [-0.15, -0.1) is 0 Å². The lowest BCUT2D eigenvalue weighted by molar-refractivity contribution is 0.661. The van der Waals surface area contributed by atoms with E-state index in [9.17, 15) is 0 Å². The number of hydrogen-bond donors (Lipinski definition) is 2. The van der Waals surface area contributed by atoms with Gasteiger partial charge in [-0.05, 0) is 31.2 Å². The molecule has 0 saturated carbocycles. The first-order chi connectivity index (χ1) is 7.79. The molecule has 0 saturated heterocycles. The lowest BCUT2D eigenvalue weighted by Crippen LogP contribution is -2.18. The summed E-state index contributed by atoms with van der Waals surface area (Å²) in [5.41, 5.74) is 2.13. The number of aromatic amines is 1. The van der Waals surface area contributed by atoms with E-state index in [0.29, 0.717) is 0 Å².